The van der Waals surface area contributed by atoms with Gasteiger partial charge in [0.25, 0.3) is 0 Å². The Morgan fingerprint density at radius 1 is 0.591 bits per heavy atom. The molecule has 0 aromatic carbocycles. The summed E-state index contributed by atoms with van der Waals surface area (Å²) in [5.74, 6) is 0. The van der Waals surface area contributed by atoms with Gasteiger partial charge in [-0.15, -0.1) is 0 Å². The van der Waals surface area contributed by atoms with Gasteiger partial charge in [-0.25, -0.2) is 0 Å². The summed E-state index contributed by atoms with van der Waals surface area (Å²) in [5, 5.41) is 0. The highest BCUT2D eigenvalue weighted by Crippen LogP contribution is 2.30. The lowest BCUT2D eigenvalue weighted by Gasteiger charge is -2.45. The summed E-state index contributed by atoms with van der Waals surface area (Å²) in [6.45, 7) is 14.8. The molecular weight excluding hydrogens is 300 g/mol. The van der Waals surface area contributed by atoms with E-state index in [-0.39, 0.29) is 18.4 Å². The molecule has 2 aliphatic carbocycles. The summed E-state index contributed by atoms with van der Waals surface area (Å²) in [5.41, 5.74) is 0.793. The van der Waals surface area contributed by atoms with E-state index in [4.69, 9.17) is 0 Å². The molecule has 0 bridgehead atoms. The number of nitrogens with zero attached hydrogens (tertiary/aromatic N) is 2. The van der Waals surface area contributed by atoms with Crippen LogP contribution in [0.3, 0.4) is 0 Å². The molecule has 2 nitrogen and oxygen atoms in total. The summed E-state index contributed by atoms with van der Waals surface area (Å²) in [6.07, 6.45) is 11.8. The zero-order valence-corrected chi connectivity index (χ0v) is 18.9. The highest BCUT2D eigenvalue weighted by molar-refractivity contribution is 6.97. The highest BCUT2D eigenvalue weighted by atomic mass is 29.2. The van der Waals surface area contributed by atoms with Crippen molar-refractivity contribution in [3.63, 3.8) is 0 Å². The average molecular weight is 341 g/mol. The largest absolute Gasteiger partial charge is 0.323 e. The Morgan fingerprint density at radius 3 is 1.09 bits per heavy atom. The molecule has 0 spiro atoms. The maximum Gasteiger partial charge on any atom is 0.0978 e. The topological polar surface area (TPSA) is 6.48 Å². The van der Waals surface area contributed by atoms with Gasteiger partial charge in [0.05, 0.1) is 18.4 Å². The molecule has 130 valence electrons. The smallest absolute Gasteiger partial charge is 0.0978 e. The van der Waals surface area contributed by atoms with E-state index in [1.165, 1.54) is 51.4 Å². The van der Waals surface area contributed by atoms with E-state index in [1.807, 2.05) is 0 Å². The van der Waals surface area contributed by atoms with Crippen molar-refractivity contribution in [2.75, 3.05) is 0 Å². The molecule has 0 unspecified atom stereocenters. The Labute approximate surface area is 144 Å². The lowest BCUT2D eigenvalue weighted by Crippen LogP contribution is -2.58. The molecule has 2 aliphatic rings. The predicted molar refractivity (Wildman–Crippen MR) is 105 cm³/mol. The van der Waals surface area contributed by atoms with Crippen LogP contribution in [0, 0.1) is 0 Å². The van der Waals surface area contributed by atoms with E-state index < -0.39 is 0 Å². The fourth-order valence-electron chi connectivity index (χ4n) is 4.78. The summed E-state index contributed by atoms with van der Waals surface area (Å²) in [7, 11) is -0.142. The minimum atomic E-state index is -0.0711. The molecule has 4 heteroatoms. The van der Waals surface area contributed by atoms with Crippen molar-refractivity contribution in [2.45, 2.75) is 116 Å². The van der Waals surface area contributed by atoms with Crippen LogP contribution in [-0.4, -0.2) is 50.7 Å². The molecule has 2 rings (SSSR count). The van der Waals surface area contributed by atoms with Gasteiger partial charge in [0, 0.05) is 23.2 Å². The lowest BCUT2D eigenvalue weighted by molar-refractivity contribution is 0.184. The van der Waals surface area contributed by atoms with E-state index in [0.717, 1.165) is 12.1 Å². The van der Waals surface area contributed by atoms with Crippen molar-refractivity contribution in [3.8, 4) is 0 Å². The van der Waals surface area contributed by atoms with Crippen LogP contribution in [0.15, 0.2) is 0 Å². The first-order valence-electron chi connectivity index (χ1n) is 9.73. The molecule has 0 atom stereocenters. The molecule has 0 amide bonds. The van der Waals surface area contributed by atoms with Gasteiger partial charge in [0.2, 0.25) is 0 Å². The first-order valence-corrected chi connectivity index (χ1v) is 15.0. The second-order valence-electron chi connectivity index (χ2n) is 9.60. The third-order valence-electron chi connectivity index (χ3n) is 5.84. The van der Waals surface area contributed by atoms with E-state index >= 15 is 0 Å². The first-order chi connectivity index (χ1) is 10.2. The molecule has 0 heterocycles. The van der Waals surface area contributed by atoms with E-state index in [0.29, 0.717) is 11.1 Å². The Hall–Kier alpha value is 0.354. The lowest BCUT2D eigenvalue weighted by atomic mass is 10.1. The van der Waals surface area contributed by atoms with Crippen molar-refractivity contribution >= 4 is 18.4 Å². The quantitative estimate of drug-likeness (QED) is 0.709. The van der Waals surface area contributed by atoms with Crippen molar-refractivity contribution in [3.05, 3.63) is 0 Å². The normalized spacial score (nSPS) is 23.5. The van der Waals surface area contributed by atoms with Gasteiger partial charge in [-0.1, -0.05) is 25.7 Å². The van der Waals surface area contributed by atoms with Gasteiger partial charge in [0.1, 0.15) is 0 Å². The Bertz CT molecular complexity index is 300. The molecule has 22 heavy (non-hydrogen) atoms. The molecule has 2 saturated carbocycles. The molecule has 2 fully saturated rings. The van der Waals surface area contributed by atoms with Crippen LogP contribution < -0.4 is 0 Å². The van der Waals surface area contributed by atoms with Gasteiger partial charge >= 0.3 is 0 Å². The summed E-state index contributed by atoms with van der Waals surface area (Å²) in [6, 6.07) is 1.84. The van der Waals surface area contributed by atoms with Gasteiger partial charge < -0.3 is 9.13 Å². The van der Waals surface area contributed by atoms with Crippen LogP contribution in [0.1, 0.15) is 92.9 Å². The minimum absolute atomic E-state index is 0.0711. The van der Waals surface area contributed by atoms with Crippen molar-refractivity contribution in [1.29, 1.82) is 0 Å². The number of hydrogen-bond acceptors (Lipinski definition) is 2. The average Bonchev–Trinajstić information content (AvgIpc) is 3.04. The van der Waals surface area contributed by atoms with Crippen LogP contribution in [0.2, 0.25) is 0 Å². The van der Waals surface area contributed by atoms with Crippen molar-refractivity contribution in [1.82, 2.24) is 9.13 Å². The molecular formula is C18H40N2Si2. The fraction of sp³-hybridized carbons (Fsp3) is 1.00. The Morgan fingerprint density at radius 2 is 0.864 bits per heavy atom. The zero-order valence-electron chi connectivity index (χ0n) is 16.1. The highest BCUT2D eigenvalue weighted by Gasteiger charge is 2.35. The second kappa shape index (κ2) is 7.50. The standard InChI is InChI=1S/C18H40N2Si2/c1-17(2,3)19(15-11-7-8-12-15)21-22-20(18(4,5)6)16-13-9-10-14-16/h15-16H,7-14,21-22H2,1-6H3. The van der Waals surface area contributed by atoms with Crippen LogP contribution >= 0.6 is 0 Å². The van der Waals surface area contributed by atoms with Gasteiger partial charge in [-0.3, -0.25) is 0 Å². The molecule has 0 aromatic heterocycles. The molecule has 0 radical (unpaired) electrons. The summed E-state index contributed by atoms with van der Waals surface area (Å²) >= 11 is 0. The number of hydrogen-bond donors (Lipinski definition) is 0. The van der Waals surface area contributed by atoms with Crippen molar-refractivity contribution < 1.29 is 0 Å². The predicted octanol–water partition coefficient (Wildman–Crippen LogP) is 3.16. The van der Waals surface area contributed by atoms with E-state index in [9.17, 15) is 0 Å². The molecule has 0 aromatic rings. The fourth-order valence-corrected chi connectivity index (χ4v) is 15.5. The van der Waals surface area contributed by atoms with Crippen molar-refractivity contribution in [2.24, 2.45) is 0 Å². The van der Waals surface area contributed by atoms with Crippen LogP contribution in [0.4, 0.5) is 0 Å². The molecule has 0 aliphatic heterocycles. The third-order valence-corrected chi connectivity index (χ3v) is 13.4. The van der Waals surface area contributed by atoms with Crippen LogP contribution in [0.5, 0.6) is 0 Å². The van der Waals surface area contributed by atoms with E-state index in [2.05, 4.69) is 50.7 Å². The summed E-state index contributed by atoms with van der Waals surface area (Å²) in [4.78, 5) is 0. The van der Waals surface area contributed by atoms with Crippen LogP contribution in [-0.2, 0) is 0 Å². The molecule has 0 saturated heterocycles. The maximum absolute atomic E-state index is 3.01. The second-order valence-corrected chi connectivity index (χ2v) is 14.5. The van der Waals surface area contributed by atoms with Crippen LogP contribution in [0.25, 0.3) is 0 Å². The van der Waals surface area contributed by atoms with Gasteiger partial charge in [0.15, 0.2) is 0 Å². The third kappa shape index (κ3) is 4.92. The number of rotatable bonds is 5. The molecule has 0 N–H and O–H groups in total. The first kappa shape index (κ1) is 18.7. The maximum atomic E-state index is 3.01. The van der Waals surface area contributed by atoms with Gasteiger partial charge in [-0.05, 0) is 67.2 Å². The zero-order chi connectivity index (χ0) is 16.4. The van der Waals surface area contributed by atoms with E-state index in [1.54, 1.807) is 0 Å². The monoisotopic (exact) mass is 340 g/mol. The Kier molecular flexibility index (Phi) is 6.37. The minimum Gasteiger partial charge on any atom is -0.323 e. The SMILES string of the molecule is CC(C)(C)N([SiH2][SiH2]N(C1CCCC1)C(C)(C)C)C1CCCC1. The van der Waals surface area contributed by atoms with Gasteiger partial charge in [-0.2, -0.15) is 0 Å². The Balaban J connectivity index is 2.01. The summed E-state index contributed by atoms with van der Waals surface area (Å²) < 4.78 is 6.03.